The molecule has 1 unspecified atom stereocenters. The third kappa shape index (κ3) is 5.46. The Morgan fingerprint density at radius 2 is 2.12 bits per heavy atom. The molecule has 1 aromatic heterocycles. The predicted octanol–water partition coefficient (Wildman–Crippen LogP) is 1.07. The van der Waals surface area contributed by atoms with E-state index in [1.165, 1.54) is 11.1 Å². The Hall–Kier alpha value is -2.91. The van der Waals surface area contributed by atoms with Crippen LogP contribution in [0.5, 0.6) is 0 Å². The third-order valence-corrected chi connectivity index (χ3v) is 5.91. The lowest BCUT2D eigenvalue weighted by atomic mass is 10.1. The standard InChI is InChI=1S/C23H33N7O2/c1-18-14-28(9-10-32-18)15-20-6-4-5-19(11-20)12-25-23(24-2)29-7-8-30(22(31)17-29)21-13-26-27(3)16-21/h4-6,11,13,16,18H,7-10,12,14-15,17H2,1-3H3,(H,24,25). The molecule has 1 aromatic carbocycles. The fourth-order valence-electron chi connectivity index (χ4n) is 4.32. The first kappa shape index (κ1) is 22.3. The molecule has 0 radical (unpaired) electrons. The molecule has 1 amide bonds. The van der Waals surface area contributed by atoms with Crippen molar-refractivity contribution in [1.29, 1.82) is 0 Å². The quantitative estimate of drug-likeness (QED) is 0.555. The fourth-order valence-corrected chi connectivity index (χ4v) is 4.32. The minimum atomic E-state index is 0.0499. The van der Waals surface area contributed by atoms with Gasteiger partial charge in [0.15, 0.2) is 5.96 Å². The number of piperazine rings is 1. The van der Waals surface area contributed by atoms with Crippen molar-refractivity contribution in [2.45, 2.75) is 26.1 Å². The number of hydrogen-bond acceptors (Lipinski definition) is 5. The van der Waals surface area contributed by atoms with Gasteiger partial charge < -0.3 is 19.9 Å². The van der Waals surface area contributed by atoms with E-state index in [0.717, 1.165) is 44.4 Å². The molecule has 2 fully saturated rings. The molecule has 3 heterocycles. The summed E-state index contributed by atoms with van der Waals surface area (Å²) in [6, 6.07) is 8.65. The van der Waals surface area contributed by atoms with E-state index in [4.69, 9.17) is 4.74 Å². The number of aliphatic imine (C=N–C) groups is 1. The monoisotopic (exact) mass is 439 g/mol. The van der Waals surface area contributed by atoms with Gasteiger partial charge in [0.2, 0.25) is 5.91 Å². The van der Waals surface area contributed by atoms with Gasteiger partial charge in [-0.15, -0.1) is 0 Å². The Labute approximate surface area is 189 Å². The predicted molar refractivity (Wildman–Crippen MR) is 124 cm³/mol. The van der Waals surface area contributed by atoms with Crippen molar-refractivity contribution in [3.63, 3.8) is 0 Å². The zero-order valence-electron chi connectivity index (χ0n) is 19.2. The zero-order chi connectivity index (χ0) is 22.5. The van der Waals surface area contributed by atoms with Crippen molar-refractivity contribution in [3.8, 4) is 0 Å². The van der Waals surface area contributed by atoms with Gasteiger partial charge in [0.1, 0.15) is 6.54 Å². The van der Waals surface area contributed by atoms with Gasteiger partial charge >= 0.3 is 0 Å². The number of ether oxygens (including phenoxy) is 1. The second kappa shape index (κ2) is 10.1. The van der Waals surface area contributed by atoms with Gasteiger partial charge in [0.05, 0.1) is 24.6 Å². The molecule has 1 atom stereocenters. The van der Waals surface area contributed by atoms with Crippen LogP contribution in [-0.2, 0) is 29.7 Å². The highest BCUT2D eigenvalue weighted by Gasteiger charge is 2.27. The highest BCUT2D eigenvalue weighted by atomic mass is 16.5. The van der Waals surface area contributed by atoms with Gasteiger partial charge in [-0.25, -0.2) is 0 Å². The lowest BCUT2D eigenvalue weighted by Gasteiger charge is -2.35. The number of aryl methyl sites for hydroxylation is 1. The summed E-state index contributed by atoms with van der Waals surface area (Å²) in [5, 5.41) is 7.60. The fraction of sp³-hybridized carbons (Fsp3) is 0.522. The molecule has 1 N–H and O–H groups in total. The van der Waals surface area contributed by atoms with E-state index in [1.54, 1.807) is 22.8 Å². The van der Waals surface area contributed by atoms with Crippen LogP contribution in [0.4, 0.5) is 5.69 Å². The second-order valence-electron chi connectivity index (χ2n) is 8.48. The van der Waals surface area contributed by atoms with Crippen LogP contribution in [0.3, 0.4) is 0 Å². The molecule has 2 aromatic rings. The molecule has 2 saturated heterocycles. The largest absolute Gasteiger partial charge is 0.376 e. The maximum Gasteiger partial charge on any atom is 0.246 e. The number of amides is 1. The number of nitrogens with one attached hydrogen (secondary N) is 1. The Morgan fingerprint density at radius 3 is 2.84 bits per heavy atom. The van der Waals surface area contributed by atoms with Crippen molar-refractivity contribution < 1.29 is 9.53 Å². The van der Waals surface area contributed by atoms with Gasteiger partial charge in [0.25, 0.3) is 0 Å². The summed E-state index contributed by atoms with van der Waals surface area (Å²) >= 11 is 0. The van der Waals surface area contributed by atoms with E-state index in [2.05, 4.69) is 51.5 Å². The average Bonchev–Trinajstić information content (AvgIpc) is 3.20. The summed E-state index contributed by atoms with van der Waals surface area (Å²) in [5.74, 6) is 0.797. The Morgan fingerprint density at radius 1 is 1.28 bits per heavy atom. The molecule has 0 saturated carbocycles. The lowest BCUT2D eigenvalue weighted by Crippen LogP contribution is -2.55. The molecule has 9 nitrogen and oxygen atoms in total. The van der Waals surface area contributed by atoms with Crippen molar-refractivity contribution in [2.24, 2.45) is 12.0 Å². The number of nitrogens with zero attached hydrogens (tertiary/aromatic N) is 6. The first-order chi connectivity index (χ1) is 15.5. The Kier molecular flexibility index (Phi) is 7.06. The topological polar surface area (TPSA) is 78.2 Å². The van der Waals surface area contributed by atoms with E-state index in [9.17, 15) is 4.79 Å². The van der Waals surface area contributed by atoms with E-state index >= 15 is 0 Å². The molecule has 9 heteroatoms. The Bertz CT molecular complexity index is 957. The molecule has 0 bridgehead atoms. The van der Waals surface area contributed by atoms with Crippen LogP contribution in [0.15, 0.2) is 41.7 Å². The molecule has 0 aliphatic carbocycles. The van der Waals surface area contributed by atoms with Gasteiger partial charge in [-0.1, -0.05) is 24.3 Å². The SMILES string of the molecule is CN=C(NCc1cccc(CN2CCOC(C)C2)c1)N1CCN(c2cnn(C)c2)C(=O)C1. The van der Waals surface area contributed by atoms with Crippen LogP contribution >= 0.6 is 0 Å². The van der Waals surface area contributed by atoms with Crippen LogP contribution in [-0.4, -0.2) is 83.9 Å². The number of benzene rings is 1. The van der Waals surface area contributed by atoms with Crippen LogP contribution in [0.1, 0.15) is 18.1 Å². The summed E-state index contributed by atoms with van der Waals surface area (Å²) in [6.45, 7) is 8.08. The number of carbonyl (C=O) groups is 1. The van der Waals surface area contributed by atoms with Gasteiger partial charge in [0, 0.05) is 59.6 Å². The number of anilines is 1. The van der Waals surface area contributed by atoms with Crippen LogP contribution in [0, 0.1) is 0 Å². The average molecular weight is 440 g/mol. The number of morpholine rings is 1. The molecular weight excluding hydrogens is 406 g/mol. The summed E-state index contributed by atoms with van der Waals surface area (Å²) < 4.78 is 7.36. The molecule has 0 spiro atoms. The number of guanidine groups is 1. The maximum atomic E-state index is 12.7. The van der Waals surface area contributed by atoms with Crippen LogP contribution < -0.4 is 10.2 Å². The lowest BCUT2D eigenvalue weighted by molar-refractivity contribution is -0.120. The number of rotatable bonds is 5. The molecular formula is C23H33N7O2. The second-order valence-corrected chi connectivity index (χ2v) is 8.48. The van der Waals surface area contributed by atoms with E-state index < -0.39 is 0 Å². The van der Waals surface area contributed by atoms with Gasteiger partial charge in [-0.05, 0) is 18.1 Å². The first-order valence-electron chi connectivity index (χ1n) is 11.2. The van der Waals surface area contributed by atoms with Crippen molar-refractivity contribution in [1.82, 2.24) is 24.9 Å². The minimum Gasteiger partial charge on any atom is -0.376 e. The van der Waals surface area contributed by atoms with E-state index in [1.807, 2.05) is 18.1 Å². The highest BCUT2D eigenvalue weighted by Crippen LogP contribution is 2.16. The summed E-state index contributed by atoms with van der Waals surface area (Å²) in [6.07, 6.45) is 3.88. The Balaban J connectivity index is 1.31. The van der Waals surface area contributed by atoms with Crippen molar-refractivity contribution >= 4 is 17.6 Å². The van der Waals surface area contributed by atoms with Crippen molar-refractivity contribution in [3.05, 3.63) is 47.8 Å². The zero-order valence-corrected chi connectivity index (χ0v) is 19.2. The van der Waals surface area contributed by atoms with E-state index in [0.29, 0.717) is 25.7 Å². The summed E-state index contributed by atoms with van der Waals surface area (Å²) in [5.41, 5.74) is 3.34. The van der Waals surface area contributed by atoms with E-state index in [-0.39, 0.29) is 5.91 Å². The molecule has 2 aliphatic rings. The van der Waals surface area contributed by atoms with Gasteiger partial charge in [-0.2, -0.15) is 5.10 Å². The molecule has 4 rings (SSSR count). The maximum absolute atomic E-state index is 12.7. The van der Waals surface area contributed by atoms with Crippen molar-refractivity contribution in [2.75, 3.05) is 51.3 Å². The minimum absolute atomic E-state index is 0.0499. The first-order valence-corrected chi connectivity index (χ1v) is 11.2. The molecule has 172 valence electrons. The summed E-state index contributed by atoms with van der Waals surface area (Å²) in [4.78, 5) is 23.4. The molecule has 32 heavy (non-hydrogen) atoms. The smallest absolute Gasteiger partial charge is 0.246 e. The summed E-state index contributed by atoms with van der Waals surface area (Å²) in [7, 11) is 3.61. The highest BCUT2D eigenvalue weighted by molar-refractivity contribution is 5.98. The number of aromatic nitrogens is 2. The van der Waals surface area contributed by atoms with Crippen LogP contribution in [0.25, 0.3) is 0 Å². The number of carbonyl (C=O) groups excluding carboxylic acids is 1. The molecule has 2 aliphatic heterocycles. The van der Waals surface area contributed by atoms with Gasteiger partial charge in [-0.3, -0.25) is 19.4 Å². The number of hydrogen-bond donors (Lipinski definition) is 1. The van der Waals surface area contributed by atoms with Crippen LogP contribution in [0.2, 0.25) is 0 Å². The third-order valence-electron chi connectivity index (χ3n) is 5.91. The normalized spacial score (nSPS) is 20.7.